The van der Waals surface area contributed by atoms with Crippen LogP contribution in [0.25, 0.3) is 11.2 Å². The Morgan fingerprint density at radius 3 is 3.09 bits per heavy atom. The van der Waals surface area contributed by atoms with Crippen molar-refractivity contribution in [1.29, 1.82) is 0 Å². The Morgan fingerprint density at radius 1 is 1.52 bits per heavy atom. The number of nitrogens with two attached hydrogens (primary N) is 1. The molecule has 0 saturated carbocycles. The van der Waals surface area contributed by atoms with Gasteiger partial charge in [0, 0.05) is 0 Å². The second-order valence-electron chi connectivity index (χ2n) is 5.17. The van der Waals surface area contributed by atoms with Gasteiger partial charge < -0.3 is 20.5 Å². The summed E-state index contributed by atoms with van der Waals surface area (Å²) in [6.45, 7) is -0.214. The summed E-state index contributed by atoms with van der Waals surface area (Å²) in [7, 11) is -4.22. The number of aliphatic hydroxyl groups excluding tert-OH is 1. The molecule has 0 bridgehead atoms. The smallest absolute Gasteiger partial charge is 0.386 e. The van der Waals surface area contributed by atoms with Crippen LogP contribution in [0.15, 0.2) is 11.1 Å². The van der Waals surface area contributed by atoms with E-state index in [4.69, 9.17) is 15.0 Å². The van der Waals surface area contributed by atoms with Crippen molar-refractivity contribution in [2.45, 2.75) is 24.5 Å². The highest BCUT2D eigenvalue weighted by molar-refractivity contribution is 7.47. The average Bonchev–Trinajstić information content (AvgIpc) is 3.00. The number of H-pyrrole nitrogens is 1. The molecule has 124 valence electrons. The second-order valence-corrected chi connectivity index (χ2v) is 6.57. The Hall–Kier alpha value is -1.82. The largest absolute Gasteiger partial charge is 0.472 e. The third-order valence-electron chi connectivity index (χ3n) is 3.69. The fourth-order valence-electron chi connectivity index (χ4n) is 2.69. The third kappa shape index (κ3) is 2.27. The van der Waals surface area contributed by atoms with Gasteiger partial charge in [0.1, 0.15) is 18.3 Å². The zero-order valence-corrected chi connectivity index (χ0v) is 12.3. The number of imidazole rings is 1. The maximum absolute atomic E-state index is 11.8. The van der Waals surface area contributed by atoms with Crippen molar-refractivity contribution in [3.63, 3.8) is 0 Å². The fourth-order valence-corrected chi connectivity index (χ4v) is 3.66. The van der Waals surface area contributed by atoms with Crippen LogP contribution in [0.2, 0.25) is 0 Å². The van der Waals surface area contributed by atoms with E-state index < -0.39 is 37.9 Å². The van der Waals surface area contributed by atoms with Crippen LogP contribution in [0.3, 0.4) is 0 Å². The van der Waals surface area contributed by atoms with E-state index in [1.807, 2.05) is 0 Å². The van der Waals surface area contributed by atoms with Gasteiger partial charge in [-0.2, -0.15) is 4.98 Å². The van der Waals surface area contributed by atoms with E-state index in [9.17, 15) is 19.4 Å². The first-order valence-electron chi connectivity index (χ1n) is 6.57. The Kier molecular flexibility index (Phi) is 3.10. The minimum atomic E-state index is -4.22. The topological polar surface area (TPSA) is 175 Å². The zero-order valence-electron chi connectivity index (χ0n) is 11.4. The van der Waals surface area contributed by atoms with Gasteiger partial charge in [0.2, 0.25) is 5.95 Å². The van der Waals surface area contributed by atoms with Crippen LogP contribution >= 0.6 is 7.82 Å². The zero-order chi connectivity index (χ0) is 16.4. The molecule has 5 atom stereocenters. The third-order valence-corrected chi connectivity index (χ3v) is 4.68. The molecule has 2 saturated heterocycles. The minimum absolute atomic E-state index is 0.0230. The van der Waals surface area contributed by atoms with Crippen LogP contribution < -0.4 is 11.3 Å². The maximum Gasteiger partial charge on any atom is 0.472 e. The number of hydrogen-bond acceptors (Lipinski definition) is 9. The molecule has 12 nitrogen and oxygen atoms in total. The lowest BCUT2D eigenvalue weighted by Gasteiger charge is -2.27. The predicted octanol–water partition coefficient (Wildman–Crippen LogP) is -1.52. The number of phosphoric acid groups is 1. The van der Waals surface area contributed by atoms with Gasteiger partial charge in [-0.25, -0.2) is 9.55 Å². The van der Waals surface area contributed by atoms with Gasteiger partial charge in [-0.05, 0) is 0 Å². The highest BCUT2D eigenvalue weighted by Gasteiger charge is 2.52. The second kappa shape index (κ2) is 4.84. The van der Waals surface area contributed by atoms with Crippen molar-refractivity contribution < 1.29 is 28.3 Å². The van der Waals surface area contributed by atoms with E-state index in [-0.39, 0.29) is 23.7 Å². The van der Waals surface area contributed by atoms with Crippen molar-refractivity contribution in [2.24, 2.45) is 0 Å². The van der Waals surface area contributed by atoms with Crippen molar-refractivity contribution in [1.82, 2.24) is 19.5 Å². The molecule has 0 aromatic carbocycles. The monoisotopic (exact) mass is 345 g/mol. The molecule has 0 spiro atoms. The summed E-state index contributed by atoms with van der Waals surface area (Å²) in [5.41, 5.74) is 5.12. The van der Waals surface area contributed by atoms with Crippen LogP contribution in [0.5, 0.6) is 0 Å². The Labute approximate surface area is 127 Å². The molecule has 23 heavy (non-hydrogen) atoms. The number of rotatable bonds is 1. The van der Waals surface area contributed by atoms with Crippen LogP contribution in [-0.4, -0.2) is 54.4 Å². The number of ether oxygens (including phenoxy) is 1. The van der Waals surface area contributed by atoms with Crippen molar-refractivity contribution in [2.75, 3.05) is 12.3 Å². The molecule has 5 N–H and O–H groups in total. The summed E-state index contributed by atoms with van der Waals surface area (Å²) in [5.74, 6) is -0.117. The first kappa shape index (κ1) is 14.8. The van der Waals surface area contributed by atoms with Crippen LogP contribution in [-0.2, 0) is 18.3 Å². The van der Waals surface area contributed by atoms with E-state index in [0.29, 0.717) is 0 Å². The summed E-state index contributed by atoms with van der Waals surface area (Å²) in [6.07, 6.45) is -2.85. The number of aromatic nitrogens is 4. The van der Waals surface area contributed by atoms with Crippen LogP contribution in [0.4, 0.5) is 5.95 Å². The molecule has 2 aliphatic rings. The first-order chi connectivity index (χ1) is 10.9. The molecular weight excluding hydrogens is 333 g/mol. The van der Waals surface area contributed by atoms with Gasteiger partial charge in [0.05, 0.1) is 12.9 Å². The highest BCUT2D eigenvalue weighted by Crippen LogP contribution is 2.52. The standard InChI is InChI=1S/C10H12N5O7P/c11-10-13-7-4(8(17)14-10)12-2-15(7)9-5(16)6-3(21-9)1-20-23(18,19)22-6/h2-3,5-6,9,16H,1H2,(H,18,19)(H3,11,13,14,17)/t3?,5-,6?,9-/m1/s1. The number of nitrogen functional groups attached to an aromatic ring is 1. The fraction of sp³-hybridized carbons (Fsp3) is 0.500. The number of hydrogen-bond donors (Lipinski definition) is 4. The van der Waals surface area contributed by atoms with Gasteiger partial charge in [0.15, 0.2) is 17.4 Å². The van der Waals surface area contributed by atoms with Gasteiger partial charge in [-0.15, -0.1) is 0 Å². The Bertz CT molecular complexity index is 880. The molecule has 2 aliphatic heterocycles. The summed E-state index contributed by atoms with van der Waals surface area (Å²) in [4.78, 5) is 31.3. The van der Waals surface area contributed by atoms with E-state index in [0.717, 1.165) is 0 Å². The van der Waals surface area contributed by atoms with Crippen LogP contribution in [0, 0.1) is 0 Å². The summed E-state index contributed by atoms with van der Waals surface area (Å²) in [6, 6.07) is 0. The van der Waals surface area contributed by atoms with E-state index in [1.54, 1.807) is 0 Å². The number of fused-ring (bicyclic) bond motifs is 2. The van der Waals surface area contributed by atoms with Gasteiger partial charge >= 0.3 is 7.82 Å². The molecule has 0 radical (unpaired) electrons. The first-order valence-corrected chi connectivity index (χ1v) is 8.07. The quantitative estimate of drug-likeness (QED) is 0.444. The number of aliphatic hydroxyl groups is 1. The number of nitrogens with zero attached hydrogens (tertiary/aromatic N) is 3. The van der Waals surface area contributed by atoms with E-state index in [1.165, 1.54) is 10.9 Å². The molecule has 0 aliphatic carbocycles. The number of nitrogens with one attached hydrogen (secondary N) is 1. The molecule has 13 heteroatoms. The number of anilines is 1. The lowest BCUT2D eigenvalue weighted by molar-refractivity contribution is -0.0664. The van der Waals surface area contributed by atoms with Gasteiger partial charge in [0.25, 0.3) is 5.56 Å². The molecular formula is C10H12N5O7P. The lowest BCUT2D eigenvalue weighted by Crippen LogP contribution is -2.39. The van der Waals surface area contributed by atoms with Crippen molar-refractivity contribution in [3.8, 4) is 0 Å². The normalized spacial score (nSPS) is 37.1. The minimum Gasteiger partial charge on any atom is -0.386 e. The summed E-state index contributed by atoms with van der Waals surface area (Å²) < 4.78 is 27.9. The molecule has 4 rings (SSSR count). The SMILES string of the molecule is Nc1nc2c(ncn2[C@@H]2OC3COP(=O)(O)OC3[C@H]2O)c(=O)[nH]1. The average molecular weight is 345 g/mol. The van der Waals surface area contributed by atoms with Gasteiger partial charge in [-0.3, -0.25) is 23.4 Å². The van der Waals surface area contributed by atoms with Crippen LogP contribution in [0.1, 0.15) is 6.23 Å². The Balaban J connectivity index is 1.75. The highest BCUT2D eigenvalue weighted by atomic mass is 31.2. The van der Waals surface area contributed by atoms with Gasteiger partial charge in [-0.1, -0.05) is 0 Å². The molecule has 2 aromatic rings. The number of phosphoric ester groups is 1. The molecule has 2 fully saturated rings. The van der Waals surface area contributed by atoms with Crippen molar-refractivity contribution in [3.05, 3.63) is 16.7 Å². The van der Waals surface area contributed by atoms with E-state index >= 15 is 0 Å². The summed E-state index contributed by atoms with van der Waals surface area (Å²) >= 11 is 0. The maximum atomic E-state index is 11.8. The van der Waals surface area contributed by atoms with Crippen molar-refractivity contribution >= 4 is 24.9 Å². The predicted molar refractivity (Wildman–Crippen MR) is 73.1 cm³/mol. The summed E-state index contributed by atoms with van der Waals surface area (Å²) in [5, 5.41) is 10.4. The lowest BCUT2D eigenvalue weighted by atomic mass is 10.1. The molecule has 4 heterocycles. The Morgan fingerprint density at radius 2 is 2.30 bits per heavy atom. The van der Waals surface area contributed by atoms with E-state index in [2.05, 4.69) is 19.5 Å². The molecule has 0 amide bonds. The molecule has 3 unspecified atom stereocenters. The number of aromatic amines is 1. The molecule has 2 aromatic heterocycles.